The number of fused-ring (bicyclic) bond motifs is 2. The van der Waals surface area contributed by atoms with Crippen LogP contribution in [0.25, 0.3) is 0 Å². The van der Waals surface area contributed by atoms with Crippen LogP contribution in [-0.4, -0.2) is 59.5 Å². The molecule has 4 unspecified atom stereocenters. The van der Waals surface area contributed by atoms with Gasteiger partial charge in [-0.05, 0) is 56.1 Å². The SMILES string of the molecule is COC(=O)/C=C/CCC(NC(=O)/C(=C/N)N(C)N)C(=O)Nc1cccn(CC(=O)NC2CC3CCC2C3)c1=O. The summed E-state index contributed by atoms with van der Waals surface area (Å²) in [5.74, 6) is 4.60. The van der Waals surface area contributed by atoms with Gasteiger partial charge in [0, 0.05) is 31.6 Å². The van der Waals surface area contributed by atoms with Gasteiger partial charge < -0.3 is 36.0 Å². The molecule has 39 heavy (non-hydrogen) atoms. The molecule has 7 N–H and O–H groups in total. The van der Waals surface area contributed by atoms with Gasteiger partial charge in [-0.2, -0.15) is 0 Å². The number of anilines is 1. The Morgan fingerprint density at radius 1 is 1.26 bits per heavy atom. The lowest BCUT2D eigenvalue weighted by Crippen LogP contribution is -2.47. The summed E-state index contributed by atoms with van der Waals surface area (Å²) in [5, 5.41) is 9.14. The molecular weight excluding hydrogens is 506 g/mol. The predicted octanol–water partition coefficient (Wildman–Crippen LogP) is -0.309. The van der Waals surface area contributed by atoms with Crippen molar-refractivity contribution in [2.45, 2.75) is 57.2 Å². The summed E-state index contributed by atoms with van der Waals surface area (Å²) in [6.07, 6.45) is 9.96. The van der Waals surface area contributed by atoms with Crippen LogP contribution in [0.4, 0.5) is 5.69 Å². The van der Waals surface area contributed by atoms with Crippen molar-refractivity contribution in [3.8, 4) is 0 Å². The van der Waals surface area contributed by atoms with Crippen molar-refractivity contribution >= 4 is 29.4 Å². The second-order valence-electron chi connectivity index (χ2n) is 9.88. The molecule has 0 spiro atoms. The van der Waals surface area contributed by atoms with E-state index in [-0.39, 0.29) is 42.7 Å². The molecule has 0 saturated heterocycles. The van der Waals surface area contributed by atoms with Crippen molar-refractivity contribution in [1.82, 2.24) is 20.2 Å². The molecule has 0 aliphatic heterocycles. The number of nitrogens with one attached hydrogen (secondary N) is 3. The minimum atomic E-state index is -1.11. The maximum atomic E-state index is 13.1. The Morgan fingerprint density at radius 3 is 2.64 bits per heavy atom. The summed E-state index contributed by atoms with van der Waals surface area (Å²) in [4.78, 5) is 62.8. The van der Waals surface area contributed by atoms with Crippen LogP contribution < -0.4 is 33.1 Å². The van der Waals surface area contributed by atoms with Crippen LogP contribution in [-0.2, 0) is 30.5 Å². The number of allylic oxidation sites excluding steroid dienone is 1. The lowest BCUT2D eigenvalue weighted by atomic mass is 9.95. The van der Waals surface area contributed by atoms with Gasteiger partial charge in [-0.15, -0.1) is 0 Å². The van der Waals surface area contributed by atoms with Crippen LogP contribution in [0.15, 0.2) is 47.2 Å². The second-order valence-corrected chi connectivity index (χ2v) is 9.88. The first-order valence-corrected chi connectivity index (χ1v) is 12.9. The quantitative estimate of drug-likeness (QED) is 0.102. The number of hydrazine groups is 1. The van der Waals surface area contributed by atoms with E-state index in [1.54, 1.807) is 6.07 Å². The molecule has 3 amide bonds. The number of nitrogens with two attached hydrogens (primary N) is 2. The van der Waals surface area contributed by atoms with Gasteiger partial charge >= 0.3 is 5.97 Å². The van der Waals surface area contributed by atoms with E-state index in [0.29, 0.717) is 11.8 Å². The molecule has 1 heterocycles. The molecule has 1 aromatic rings. The van der Waals surface area contributed by atoms with Gasteiger partial charge in [0.2, 0.25) is 11.8 Å². The highest BCUT2D eigenvalue weighted by Crippen LogP contribution is 2.44. The average Bonchev–Trinajstić information content (AvgIpc) is 3.51. The number of aromatic nitrogens is 1. The van der Waals surface area contributed by atoms with Crippen molar-refractivity contribution in [2.24, 2.45) is 23.4 Å². The summed E-state index contributed by atoms with van der Waals surface area (Å²) in [6.45, 7) is -0.178. The Bertz CT molecular complexity index is 1190. The van der Waals surface area contributed by atoms with Gasteiger partial charge in [-0.25, -0.2) is 10.6 Å². The van der Waals surface area contributed by atoms with E-state index in [9.17, 15) is 24.0 Å². The van der Waals surface area contributed by atoms with E-state index >= 15 is 0 Å². The molecule has 0 radical (unpaired) electrons. The summed E-state index contributed by atoms with van der Waals surface area (Å²) in [6, 6.07) is 2.00. The lowest BCUT2D eigenvalue weighted by molar-refractivity contribution is -0.134. The fourth-order valence-corrected chi connectivity index (χ4v) is 5.17. The number of hydrogen-bond acceptors (Lipinski definition) is 9. The van der Waals surface area contributed by atoms with Crippen LogP contribution in [0.5, 0.6) is 0 Å². The van der Waals surface area contributed by atoms with Crippen LogP contribution in [0.3, 0.4) is 0 Å². The molecule has 0 aromatic carbocycles. The van der Waals surface area contributed by atoms with Gasteiger partial charge in [0.25, 0.3) is 11.5 Å². The van der Waals surface area contributed by atoms with Crippen molar-refractivity contribution < 1.29 is 23.9 Å². The number of esters is 1. The van der Waals surface area contributed by atoms with Crippen LogP contribution in [0, 0.1) is 11.8 Å². The normalized spacial score (nSPS) is 20.9. The summed E-state index contributed by atoms with van der Waals surface area (Å²) in [5.41, 5.74) is 4.79. The highest BCUT2D eigenvalue weighted by molar-refractivity contribution is 6.00. The Labute approximate surface area is 226 Å². The third-order valence-corrected chi connectivity index (χ3v) is 7.15. The van der Waals surface area contributed by atoms with E-state index in [1.165, 1.54) is 49.6 Å². The van der Waals surface area contributed by atoms with E-state index in [4.69, 9.17) is 11.6 Å². The number of amides is 3. The molecule has 4 atom stereocenters. The number of hydrogen-bond donors (Lipinski definition) is 5. The first-order chi connectivity index (χ1) is 18.6. The summed E-state index contributed by atoms with van der Waals surface area (Å²) in [7, 11) is 2.65. The molecule has 2 bridgehead atoms. The monoisotopic (exact) mass is 543 g/mol. The fourth-order valence-electron chi connectivity index (χ4n) is 5.17. The van der Waals surface area contributed by atoms with E-state index in [2.05, 4.69) is 20.7 Å². The number of ether oxygens (including phenoxy) is 1. The van der Waals surface area contributed by atoms with Gasteiger partial charge in [0.1, 0.15) is 24.0 Å². The van der Waals surface area contributed by atoms with Crippen molar-refractivity contribution in [2.75, 3.05) is 19.5 Å². The first kappa shape index (κ1) is 29.4. The van der Waals surface area contributed by atoms with E-state index in [1.807, 2.05) is 0 Å². The lowest BCUT2D eigenvalue weighted by Gasteiger charge is -2.23. The number of nitrogens with zero attached hydrogens (tertiary/aromatic N) is 2. The van der Waals surface area contributed by atoms with E-state index in [0.717, 1.165) is 30.5 Å². The molecule has 13 nitrogen and oxygen atoms in total. The minimum absolute atomic E-state index is 0.0508. The van der Waals surface area contributed by atoms with Crippen LogP contribution >= 0.6 is 0 Å². The Morgan fingerprint density at radius 2 is 2.03 bits per heavy atom. The Balaban J connectivity index is 1.68. The molecule has 2 saturated carbocycles. The molecule has 2 fully saturated rings. The largest absolute Gasteiger partial charge is 0.466 e. The van der Waals surface area contributed by atoms with Gasteiger partial charge in [0.05, 0.1) is 7.11 Å². The van der Waals surface area contributed by atoms with Crippen LogP contribution in [0.1, 0.15) is 38.5 Å². The molecule has 1 aromatic heterocycles. The third-order valence-electron chi connectivity index (χ3n) is 7.15. The summed E-state index contributed by atoms with van der Waals surface area (Å²) < 4.78 is 5.77. The maximum Gasteiger partial charge on any atom is 0.330 e. The van der Waals surface area contributed by atoms with Gasteiger partial charge in [-0.1, -0.05) is 12.5 Å². The van der Waals surface area contributed by atoms with Gasteiger partial charge in [-0.3, -0.25) is 19.2 Å². The van der Waals surface area contributed by atoms with Crippen molar-refractivity contribution in [3.63, 3.8) is 0 Å². The van der Waals surface area contributed by atoms with Crippen LogP contribution in [0.2, 0.25) is 0 Å². The zero-order chi connectivity index (χ0) is 28.5. The van der Waals surface area contributed by atoms with Crippen molar-refractivity contribution in [1.29, 1.82) is 0 Å². The Kier molecular flexibility index (Phi) is 10.3. The Hall–Kier alpha value is -4.13. The predicted molar refractivity (Wildman–Crippen MR) is 143 cm³/mol. The number of methoxy groups -OCH3 is 1. The molecule has 13 heteroatoms. The molecule has 2 aliphatic carbocycles. The molecule has 3 rings (SSSR count). The minimum Gasteiger partial charge on any atom is -0.466 e. The number of carbonyl (C=O) groups excluding carboxylic acids is 4. The van der Waals surface area contributed by atoms with E-state index < -0.39 is 29.4 Å². The number of pyridine rings is 1. The van der Waals surface area contributed by atoms with Gasteiger partial charge in [0.15, 0.2) is 0 Å². The molecule has 212 valence electrons. The standard InChI is InChI=1S/C26H37N7O6/c1-32(28)21(14-27)25(37)30-18(6-3-4-8-23(35)39-2)24(36)31-19-7-5-11-33(26(19)38)15-22(34)29-20-13-16-9-10-17(20)12-16/h4-5,7-8,11,14,16-18,20H,3,6,9-10,12-13,15,27-28H2,1-2H3,(H,29,34)(H,30,37)(H,31,36)/b8-4+,21-14-. The summed E-state index contributed by atoms with van der Waals surface area (Å²) >= 11 is 0. The zero-order valence-corrected chi connectivity index (χ0v) is 22.2. The first-order valence-electron chi connectivity index (χ1n) is 12.9. The third kappa shape index (κ3) is 7.93. The topological polar surface area (TPSA) is 191 Å². The average molecular weight is 544 g/mol. The molecular formula is C26H37N7O6. The number of rotatable bonds is 12. The second kappa shape index (κ2) is 13.6. The maximum absolute atomic E-state index is 13.1. The highest BCUT2D eigenvalue weighted by atomic mass is 16.5. The number of carbonyl (C=O) groups is 4. The molecule has 2 aliphatic rings. The number of likely N-dealkylation sites (N-methyl/N-ethyl adjacent to an activating group) is 1. The smallest absolute Gasteiger partial charge is 0.330 e. The fraction of sp³-hybridized carbons (Fsp3) is 0.500. The zero-order valence-electron chi connectivity index (χ0n) is 22.2. The highest BCUT2D eigenvalue weighted by Gasteiger charge is 2.40. The van der Waals surface area contributed by atoms with Crippen molar-refractivity contribution in [3.05, 3.63) is 52.7 Å².